The van der Waals surface area contributed by atoms with Crippen LogP contribution in [0.3, 0.4) is 0 Å². The molecule has 0 aliphatic carbocycles. The van der Waals surface area contributed by atoms with Gasteiger partial charge in [0, 0.05) is 7.05 Å². The number of amides is 1. The molecule has 0 aliphatic rings. The molecule has 0 atom stereocenters. The minimum Gasteiger partial charge on any atom is -0.492 e. The summed E-state index contributed by atoms with van der Waals surface area (Å²) in [7, 11) is 1.75. The molecule has 0 saturated heterocycles. The molecule has 0 aliphatic heterocycles. The first-order valence-corrected chi connectivity index (χ1v) is 7.24. The Bertz CT molecular complexity index is 595. The van der Waals surface area contributed by atoms with E-state index in [4.69, 9.17) is 10.5 Å². The highest BCUT2D eigenvalue weighted by molar-refractivity contribution is 7.12. The smallest absolute Gasteiger partial charge is 0.265 e. The van der Waals surface area contributed by atoms with Crippen LogP contribution in [0.2, 0.25) is 0 Å². The maximum absolute atomic E-state index is 12.1. The molecule has 1 heterocycles. The van der Waals surface area contributed by atoms with Gasteiger partial charge in [0.25, 0.3) is 5.91 Å². The number of nitrogen functional groups attached to an aromatic ring is 1. The van der Waals surface area contributed by atoms with Crippen molar-refractivity contribution in [2.75, 3.05) is 25.9 Å². The van der Waals surface area contributed by atoms with Crippen molar-refractivity contribution in [3.05, 3.63) is 46.2 Å². The summed E-state index contributed by atoms with van der Waals surface area (Å²) in [4.78, 5) is 14.3. The highest BCUT2D eigenvalue weighted by Crippen LogP contribution is 2.20. The third-order valence-corrected chi connectivity index (χ3v) is 3.84. The van der Waals surface area contributed by atoms with Gasteiger partial charge in [-0.05, 0) is 36.1 Å². The molecule has 2 N–H and O–H groups in total. The van der Waals surface area contributed by atoms with Crippen LogP contribution < -0.4 is 10.5 Å². The number of carbonyl (C=O) groups excluding carboxylic acids is 1. The molecule has 1 aromatic heterocycles. The minimum absolute atomic E-state index is 0.0645. The molecule has 0 fully saturated rings. The summed E-state index contributed by atoms with van der Waals surface area (Å²) in [5.41, 5.74) is 7.43. The van der Waals surface area contributed by atoms with Gasteiger partial charge in [-0.3, -0.25) is 4.79 Å². The van der Waals surface area contributed by atoms with E-state index in [1.807, 2.05) is 36.6 Å². The van der Waals surface area contributed by atoms with E-state index in [-0.39, 0.29) is 5.91 Å². The minimum atomic E-state index is -0.0645. The number of anilines is 1. The van der Waals surface area contributed by atoms with E-state index in [1.54, 1.807) is 18.0 Å². The summed E-state index contributed by atoms with van der Waals surface area (Å²) in [6.45, 7) is 2.99. The second-order valence-corrected chi connectivity index (χ2v) is 5.51. The molecule has 0 unspecified atom stereocenters. The first-order valence-electron chi connectivity index (χ1n) is 6.36. The van der Waals surface area contributed by atoms with Crippen molar-refractivity contribution in [1.82, 2.24) is 4.90 Å². The van der Waals surface area contributed by atoms with Gasteiger partial charge >= 0.3 is 0 Å². The lowest BCUT2D eigenvalue weighted by Gasteiger charge is -2.17. The highest BCUT2D eigenvalue weighted by Gasteiger charge is 2.15. The second-order valence-electron chi connectivity index (χ2n) is 4.60. The number of rotatable bonds is 5. The Kier molecular flexibility index (Phi) is 4.63. The molecule has 0 saturated carbocycles. The van der Waals surface area contributed by atoms with Crippen LogP contribution in [0.15, 0.2) is 35.7 Å². The number of nitrogens with zero attached hydrogens (tertiary/aromatic N) is 1. The van der Waals surface area contributed by atoms with Crippen LogP contribution in [0.4, 0.5) is 5.69 Å². The van der Waals surface area contributed by atoms with E-state index in [2.05, 4.69) is 0 Å². The van der Waals surface area contributed by atoms with Crippen LogP contribution in [-0.4, -0.2) is 31.0 Å². The van der Waals surface area contributed by atoms with E-state index in [0.29, 0.717) is 23.7 Å². The molecule has 0 spiro atoms. The molecule has 1 amide bonds. The summed E-state index contributed by atoms with van der Waals surface area (Å²) in [5.74, 6) is 0.756. The van der Waals surface area contributed by atoms with Crippen molar-refractivity contribution in [3.8, 4) is 5.75 Å². The van der Waals surface area contributed by atoms with Crippen molar-refractivity contribution < 1.29 is 9.53 Å². The van der Waals surface area contributed by atoms with Crippen LogP contribution in [0, 0.1) is 6.92 Å². The van der Waals surface area contributed by atoms with Gasteiger partial charge in [-0.15, -0.1) is 11.3 Å². The van der Waals surface area contributed by atoms with E-state index in [0.717, 1.165) is 11.3 Å². The fraction of sp³-hybridized carbons (Fsp3) is 0.267. The predicted molar refractivity (Wildman–Crippen MR) is 82.4 cm³/mol. The van der Waals surface area contributed by atoms with Gasteiger partial charge in [0.05, 0.1) is 12.2 Å². The summed E-state index contributed by atoms with van der Waals surface area (Å²) in [6, 6.07) is 9.59. The standard InChI is InChI=1S/C15H18N2O2S/c1-11-4-3-5-12(10-11)19-8-7-17(2)15(18)14-13(16)6-9-20-14/h3-6,9-10H,7-8,16H2,1-2H3. The highest BCUT2D eigenvalue weighted by atomic mass is 32.1. The fourth-order valence-corrected chi connectivity index (χ4v) is 2.58. The van der Waals surface area contributed by atoms with E-state index < -0.39 is 0 Å². The van der Waals surface area contributed by atoms with Crippen LogP contribution >= 0.6 is 11.3 Å². The molecule has 2 rings (SSSR count). The Morgan fingerprint density at radius 2 is 2.20 bits per heavy atom. The molecule has 106 valence electrons. The van der Waals surface area contributed by atoms with Crippen molar-refractivity contribution in [3.63, 3.8) is 0 Å². The number of benzene rings is 1. The monoisotopic (exact) mass is 290 g/mol. The lowest BCUT2D eigenvalue weighted by molar-refractivity contribution is 0.0779. The van der Waals surface area contributed by atoms with Crippen LogP contribution in [-0.2, 0) is 0 Å². The number of ether oxygens (including phenoxy) is 1. The Balaban J connectivity index is 1.85. The van der Waals surface area contributed by atoms with Crippen molar-refractivity contribution in [1.29, 1.82) is 0 Å². The van der Waals surface area contributed by atoms with E-state index >= 15 is 0 Å². The molecule has 2 aromatic rings. The molecule has 5 heteroatoms. The maximum atomic E-state index is 12.1. The average molecular weight is 290 g/mol. The summed E-state index contributed by atoms with van der Waals surface area (Å²) >= 11 is 1.36. The lowest BCUT2D eigenvalue weighted by Crippen LogP contribution is -2.30. The third-order valence-electron chi connectivity index (χ3n) is 2.92. The quantitative estimate of drug-likeness (QED) is 0.921. The van der Waals surface area contributed by atoms with Gasteiger partial charge in [0.2, 0.25) is 0 Å². The molecule has 0 radical (unpaired) electrons. The maximum Gasteiger partial charge on any atom is 0.265 e. The van der Waals surface area contributed by atoms with E-state index in [9.17, 15) is 4.79 Å². The Morgan fingerprint density at radius 1 is 1.40 bits per heavy atom. The van der Waals surface area contributed by atoms with Crippen LogP contribution in [0.5, 0.6) is 5.75 Å². The topological polar surface area (TPSA) is 55.6 Å². The molecular weight excluding hydrogens is 272 g/mol. The summed E-state index contributed by atoms with van der Waals surface area (Å²) in [6.07, 6.45) is 0. The number of thiophene rings is 1. The van der Waals surface area contributed by atoms with Gasteiger partial charge in [-0.1, -0.05) is 12.1 Å². The largest absolute Gasteiger partial charge is 0.492 e. The van der Waals surface area contributed by atoms with Gasteiger partial charge in [-0.2, -0.15) is 0 Å². The molecule has 4 nitrogen and oxygen atoms in total. The number of hydrogen-bond acceptors (Lipinski definition) is 4. The zero-order chi connectivity index (χ0) is 14.5. The summed E-state index contributed by atoms with van der Waals surface area (Å²) in [5, 5.41) is 1.82. The molecule has 1 aromatic carbocycles. The zero-order valence-electron chi connectivity index (χ0n) is 11.6. The Labute approximate surface area is 122 Å². The second kappa shape index (κ2) is 6.43. The normalized spacial score (nSPS) is 10.3. The first-order chi connectivity index (χ1) is 9.58. The average Bonchev–Trinajstić information content (AvgIpc) is 2.84. The van der Waals surface area contributed by atoms with Crippen LogP contribution in [0.25, 0.3) is 0 Å². The number of aryl methyl sites for hydroxylation is 1. The zero-order valence-corrected chi connectivity index (χ0v) is 12.4. The Morgan fingerprint density at radius 3 is 2.85 bits per heavy atom. The van der Waals surface area contributed by atoms with Crippen LogP contribution in [0.1, 0.15) is 15.2 Å². The van der Waals surface area contributed by atoms with Crippen molar-refractivity contribution >= 4 is 22.9 Å². The number of nitrogens with two attached hydrogens (primary N) is 1. The fourth-order valence-electron chi connectivity index (χ4n) is 1.77. The Hall–Kier alpha value is -2.01. The summed E-state index contributed by atoms with van der Waals surface area (Å²) < 4.78 is 5.63. The van der Waals surface area contributed by atoms with Gasteiger partial charge in [0.1, 0.15) is 17.2 Å². The number of hydrogen-bond donors (Lipinski definition) is 1. The third kappa shape index (κ3) is 3.51. The predicted octanol–water partition coefficient (Wildman–Crippen LogP) is 2.79. The molecular formula is C15H18N2O2S. The molecule has 0 bridgehead atoms. The lowest BCUT2D eigenvalue weighted by atomic mass is 10.2. The van der Waals surface area contributed by atoms with Gasteiger partial charge in [0.15, 0.2) is 0 Å². The van der Waals surface area contributed by atoms with Gasteiger partial charge < -0.3 is 15.4 Å². The molecule has 20 heavy (non-hydrogen) atoms. The number of carbonyl (C=O) groups is 1. The van der Waals surface area contributed by atoms with Gasteiger partial charge in [-0.25, -0.2) is 0 Å². The van der Waals surface area contributed by atoms with E-state index in [1.165, 1.54) is 11.3 Å². The SMILES string of the molecule is Cc1cccc(OCCN(C)C(=O)c2sccc2N)c1. The van der Waals surface area contributed by atoms with Crippen molar-refractivity contribution in [2.45, 2.75) is 6.92 Å². The van der Waals surface area contributed by atoms with Crippen molar-refractivity contribution in [2.24, 2.45) is 0 Å². The number of likely N-dealkylation sites (N-methyl/N-ethyl adjacent to an activating group) is 1. The first kappa shape index (κ1) is 14.4.